The van der Waals surface area contributed by atoms with Gasteiger partial charge in [-0.1, -0.05) is 6.92 Å². The molecule has 0 saturated carbocycles. The molecule has 0 spiro atoms. The number of likely N-dealkylation sites (tertiary alicyclic amines) is 1. The molecule has 2 unspecified atom stereocenters. The zero-order valence-corrected chi connectivity index (χ0v) is 15.3. The maximum absolute atomic E-state index is 12.5. The summed E-state index contributed by atoms with van der Waals surface area (Å²) in [4.78, 5) is 30.8. The zero-order valence-electron chi connectivity index (χ0n) is 14.3. The van der Waals surface area contributed by atoms with Crippen molar-refractivity contribution in [3.63, 3.8) is 0 Å². The summed E-state index contributed by atoms with van der Waals surface area (Å²) in [5.74, 6) is -1.40. The molecule has 3 N–H and O–H groups in total. The number of β-amino-alcohol motifs (C(OH)–C–C–N with tert-alkyl or cyclic N) is 1. The normalized spacial score (nSPS) is 33.9. The van der Waals surface area contributed by atoms with Crippen LogP contribution in [0.2, 0.25) is 0 Å². The Balaban J connectivity index is 1.87. The molecule has 3 heterocycles. The molecule has 0 bridgehead atoms. The fraction of sp³-hybridized carbons (Fsp3) is 0.733. The first-order valence-electron chi connectivity index (χ1n) is 8.43. The number of carbonyl (C=O) groups is 2. The molecule has 3 aliphatic heterocycles. The van der Waals surface area contributed by atoms with Crippen LogP contribution in [0.1, 0.15) is 20.3 Å². The Morgan fingerprint density at radius 2 is 2.28 bits per heavy atom. The summed E-state index contributed by atoms with van der Waals surface area (Å²) in [6, 6.07) is -0.230. The van der Waals surface area contributed by atoms with Gasteiger partial charge in [-0.15, -0.1) is 0 Å². The van der Waals surface area contributed by atoms with Crippen LogP contribution in [-0.2, 0) is 14.1 Å². The van der Waals surface area contributed by atoms with Crippen LogP contribution in [0.15, 0.2) is 11.3 Å². The fourth-order valence-electron chi connectivity index (χ4n) is 4.16. The van der Waals surface area contributed by atoms with Crippen molar-refractivity contribution in [2.24, 2.45) is 11.8 Å². The van der Waals surface area contributed by atoms with E-state index in [4.69, 9.17) is 12.5 Å². The van der Waals surface area contributed by atoms with Crippen LogP contribution >= 0.6 is 8.96 Å². The predicted octanol–water partition coefficient (Wildman–Crippen LogP) is -1.11. The maximum atomic E-state index is 12.5. The van der Waals surface area contributed by atoms with Gasteiger partial charge in [0.15, 0.2) is 7.98 Å². The van der Waals surface area contributed by atoms with Crippen molar-refractivity contribution in [1.29, 1.82) is 0 Å². The number of aliphatic hydroxyl groups is 2. The Bertz CT molecular complexity index is 602. The van der Waals surface area contributed by atoms with Crippen LogP contribution in [0, 0.1) is 11.8 Å². The van der Waals surface area contributed by atoms with E-state index in [9.17, 15) is 19.8 Å². The Kier molecular flexibility index (Phi) is 5.51. The molecular formula is C15H23BN3O5P. The average molecular weight is 367 g/mol. The van der Waals surface area contributed by atoms with E-state index in [0.29, 0.717) is 19.5 Å². The van der Waals surface area contributed by atoms with Crippen molar-refractivity contribution in [1.82, 2.24) is 14.8 Å². The highest BCUT2D eigenvalue weighted by Gasteiger charge is 2.60. The average Bonchev–Trinajstić information content (AvgIpc) is 3.06. The molecule has 0 aromatic heterocycles. The van der Waals surface area contributed by atoms with Gasteiger partial charge >= 0.3 is 5.97 Å². The first kappa shape index (κ1) is 18.8. The van der Waals surface area contributed by atoms with Crippen LogP contribution in [0.4, 0.5) is 0 Å². The lowest BCUT2D eigenvalue weighted by Crippen LogP contribution is -2.63. The van der Waals surface area contributed by atoms with Crippen molar-refractivity contribution >= 4 is 28.8 Å². The number of amides is 1. The molecule has 0 aromatic carbocycles. The number of hydrogen-bond acceptors (Lipinski definition) is 7. The summed E-state index contributed by atoms with van der Waals surface area (Å²) in [7, 11) is 4.77. The highest BCUT2D eigenvalue weighted by Crippen LogP contribution is 2.47. The molecule has 0 aliphatic carbocycles. The van der Waals surface area contributed by atoms with Gasteiger partial charge < -0.3 is 24.6 Å². The third-order valence-electron chi connectivity index (χ3n) is 5.35. The van der Waals surface area contributed by atoms with Crippen molar-refractivity contribution < 1.29 is 24.3 Å². The Morgan fingerprint density at radius 1 is 1.56 bits per heavy atom. The second-order valence-corrected chi connectivity index (χ2v) is 7.64. The maximum Gasteiger partial charge on any atom is 0.358 e. The Labute approximate surface area is 149 Å². The summed E-state index contributed by atoms with van der Waals surface area (Å²) in [5, 5.41) is 19.7. The summed E-state index contributed by atoms with van der Waals surface area (Å²) < 4.78 is 5.11. The molecular weight excluding hydrogens is 344 g/mol. The van der Waals surface area contributed by atoms with Gasteiger partial charge in [0.05, 0.1) is 24.2 Å². The predicted molar refractivity (Wildman–Crippen MR) is 92.4 cm³/mol. The molecule has 2 radical (unpaired) electrons. The third kappa shape index (κ3) is 3.24. The molecule has 0 aromatic rings. The topological polar surface area (TPSA) is 102 Å². The van der Waals surface area contributed by atoms with Crippen molar-refractivity contribution in [2.75, 3.05) is 19.6 Å². The minimum Gasteiger partial charge on any atom is -0.428 e. The van der Waals surface area contributed by atoms with E-state index >= 15 is 0 Å². The number of nitrogens with one attached hydrogen (secondary N) is 1. The van der Waals surface area contributed by atoms with E-state index in [1.54, 1.807) is 6.92 Å². The van der Waals surface area contributed by atoms with E-state index in [-0.39, 0.29) is 29.7 Å². The van der Waals surface area contributed by atoms with Crippen molar-refractivity contribution in [3.05, 3.63) is 11.3 Å². The molecule has 136 valence electrons. The Hall–Kier alpha value is -0.985. The summed E-state index contributed by atoms with van der Waals surface area (Å²) in [6.07, 6.45) is -0.434. The number of fused-ring (bicyclic) bond motifs is 1. The van der Waals surface area contributed by atoms with Crippen LogP contribution in [0.3, 0.4) is 0 Å². The summed E-state index contributed by atoms with van der Waals surface area (Å²) >= 11 is 0. The summed E-state index contributed by atoms with van der Waals surface area (Å²) in [6.45, 7) is 5.34. The van der Waals surface area contributed by atoms with Gasteiger partial charge in [-0.05, 0) is 18.9 Å². The largest absolute Gasteiger partial charge is 0.428 e. The molecule has 6 atom stereocenters. The van der Waals surface area contributed by atoms with Crippen LogP contribution in [0.25, 0.3) is 0 Å². The second kappa shape index (κ2) is 7.33. The molecule has 8 nitrogen and oxygen atoms in total. The van der Waals surface area contributed by atoms with Gasteiger partial charge in [-0.3, -0.25) is 9.69 Å². The van der Waals surface area contributed by atoms with Gasteiger partial charge in [0.2, 0.25) is 5.91 Å². The smallest absolute Gasteiger partial charge is 0.358 e. The van der Waals surface area contributed by atoms with E-state index < -0.39 is 26.9 Å². The fourth-order valence-corrected chi connectivity index (χ4v) is 4.41. The lowest BCUT2D eigenvalue weighted by molar-refractivity contribution is -0.162. The molecule has 10 heteroatoms. The molecule has 1 amide bonds. The molecule has 2 saturated heterocycles. The second-order valence-electron chi connectivity index (χ2n) is 6.94. The number of nitrogens with zero attached hydrogens (tertiary/aromatic N) is 2. The zero-order chi connectivity index (χ0) is 18.3. The minimum atomic E-state index is -0.769. The number of hydrogen-bond donors (Lipinski definition) is 3. The van der Waals surface area contributed by atoms with Gasteiger partial charge in [0, 0.05) is 25.6 Å². The highest BCUT2D eigenvalue weighted by atomic mass is 31.1. The first-order valence-corrected chi connectivity index (χ1v) is 9.34. The Morgan fingerprint density at radius 3 is 2.84 bits per heavy atom. The molecule has 25 heavy (non-hydrogen) atoms. The highest BCUT2D eigenvalue weighted by molar-refractivity contribution is 7.32. The quantitative estimate of drug-likeness (QED) is 0.311. The lowest BCUT2D eigenvalue weighted by atomic mass is 9.77. The standard InChI is InChI=1S/C15H23BN3O5P/c1-7-10(6-18-4-3-9(21)5-18)13(15(23)24-25-17-16)19-12(7)11(8(2)20)14(19)22/h7-9,11-12,17,20-21,25H,3-6H2,1-2H3/t7-,8+,9+,11?,12+/m0/s1. The molecule has 3 rings (SSSR count). The molecule has 3 aliphatic rings. The number of carbonyl (C=O) groups excluding carboxylic acids is 2. The van der Waals surface area contributed by atoms with E-state index in [2.05, 4.69) is 9.90 Å². The van der Waals surface area contributed by atoms with Gasteiger partial charge in [-0.25, -0.2) is 4.79 Å². The SMILES string of the molecule is [B]NPOC(=O)C1=C(CN2CC[C@@H](O)C2)[C@H](C)[C@@H]2C([C@@H](C)O)C(=O)N12. The van der Waals surface area contributed by atoms with Crippen molar-refractivity contribution in [3.8, 4) is 0 Å². The molecule has 2 fully saturated rings. The van der Waals surface area contributed by atoms with E-state index in [1.165, 1.54) is 4.90 Å². The van der Waals surface area contributed by atoms with Crippen molar-refractivity contribution in [2.45, 2.75) is 38.5 Å². The van der Waals surface area contributed by atoms with Gasteiger partial charge in [0.1, 0.15) is 14.7 Å². The van der Waals surface area contributed by atoms with Crippen LogP contribution in [0.5, 0.6) is 0 Å². The van der Waals surface area contributed by atoms with Gasteiger partial charge in [-0.2, -0.15) is 0 Å². The summed E-state index contributed by atoms with van der Waals surface area (Å²) in [5.41, 5.74) is 1.09. The van der Waals surface area contributed by atoms with Gasteiger partial charge in [0.25, 0.3) is 0 Å². The lowest BCUT2D eigenvalue weighted by Gasteiger charge is -2.46. The first-order chi connectivity index (χ1) is 11.9. The van der Waals surface area contributed by atoms with E-state index in [1.807, 2.05) is 6.92 Å². The monoisotopic (exact) mass is 367 g/mol. The van der Waals surface area contributed by atoms with Crippen LogP contribution in [-0.4, -0.2) is 77.8 Å². The van der Waals surface area contributed by atoms with E-state index in [0.717, 1.165) is 12.1 Å². The third-order valence-corrected chi connectivity index (χ3v) is 5.76. The number of β-lactam (4-membered cyclic amide) rings is 1. The number of aliphatic hydroxyl groups excluding tert-OH is 2. The number of rotatable bonds is 6. The van der Waals surface area contributed by atoms with Crippen LogP contribution < -0.4 is 5.00 Å². The minimum absolute atomic E-state index is 0.0632.